The second kappa shape index (κ2) is 4.68. The van der Waals surface area contributed by atoms with Crippen LogP contribution >= 0.6 is 0 Å². The fraction of sp³-hybridized carbons (Fsp3) is 0.571. The number of hydrogen-bond acceptors (Lipinski definition) is 5. The van der Waals surface area contributed by atoms with Crippen LogP contribution in [0.3, 0.4) is 0 Å². The first-order chi connectivity index (χ1) is 9.86. The van der Waals surface area contributed by atoms with Crippen LogP contribution < -0.4 is 10.2 Å². The van der Waals surface area contributed by atoms with Gasteiger partial charge < -0.3 is 10.2 Å². The normalized spacial score (nSPS) is 16.4. The number of aromatic nitrogens is 4. The summed E-state index contributed by atoms with van der Waals surface area (Å²) in [6.07, 6.45) is 1.77. The van der Waals surface area contributed by atoms with Crippen molar-refractivity contribution >= 4 is 22.8 Å². The second-order valence-corrected chi connectivity index (χ2v) is 6.40. The molecule has 0 unspecified atom stereocenters. The summed E-state index contributed by atoms with van der Waals surface area (Å²) in [4.78, 5) is 23.0. The van der Waals surface area contributed by atoms with Crippen molar-refractivity contribution < 1.29 is 4.79 Å². The van der Waals surface area contributed by atoms with Crippen LogP contribution in [0.25, 0.3) is 11.0 Å². The van der Waals surface area contributed by atoms with Crippen molar-refractivity contribution in [1.82, 2.24) is 25.1 Å². The van der Waals surface area contributed by atoms with E-state index >= 15 is 0 Å². The maximum absolute atomic E-state index is 11.7. The van der Waals surface area contributed by atoms with Gasteiger partial charge >= 0.3 is 0 Å². The number of nitrogens with one attached hydrogen (secondary N) is 1. The molecule has 3 rings (SSSR count). The van der Waals surface area contributed by atoms with E-state index in [9.17, 15) is 4.79 Å². The Morgan fingerprint density at radius 3 is 2.71 bits per heavy atom. The number of anilines is 1. The molecule has 1 aliphatic heterocycles. The molecule has 112 valence electrons. The van der Waals surface area contributed by atoms with Gasteiger partial charge in [0, 0.05) is 25.6 Å². The molecule has 1 amide bonds. The molecule has 1 aliphatic rings. The Labute approximate surface area is 123 Å². The molecule has 2 aromatic heterocycles. The van der Waals surface area contributed by atoms with Crippen molar-refractivity contribution in [3.05, 3.63) is 12.0 Å². The Balaban J connectivity index is 2.17. The SMILES string of the molecule is Cn1ncc2c(N3CCNC(=O)C3)nc(C(C)(C)C)nc21. The summed E-state index contributed by atoms with van der Waals surface area (Å²) in [6.45, 7) is 7.95. The zero-order valence-corrected chi connectivity index (χ0v) is 12.8. The standard InChI is InChI=1S/C14H20N6O/c1-14(2,3)13-17-11-9(7-16-19(11)4)12(18-13)20-6-5-15-10(21)8-20/h7H,5-6,8H2,1-4H3,(H,15,21). The Hall–Kier alpha value is -2.18. The third kappa shape index (κ3) is 2.43. The highest BCUT2D eigenvalue weighted by atomic mass is 16.2. The van der Waals surface area contributed by atoms with Gasteiger partial charge in [0.05, 0.1) is 18.1 Å². The van der Waals surface area contributed by atoms with Crippen LogP contribution in [0.4, 0.5) is 5.82 Å². The number of fused-ring (bicyclic) bond motifs is 1. The average Bonchev–Trinajstić information content (AvgIpc) is 2.79. The predicted octanol–water partition coefficient (Wildman–Crippen LogP) is 0.597. The summed E-state index contributed by atoms with van der Waals surface area (Å²) in [7, 11) is 1.87. The Bertz CT molecular complexity index is 699. The fourth-order valence-electron chi connectivity index (χ4n) is 2.40. The molecular weight excluding hydrogens is 268 g/mol. The molecule has 7 heteroatoms. The maximum Gasteiger partial charge on any atom is 0.239 e. The quantitative estimate of drug-likeness (QED) is 0.831. The lowest BCUT2D eigenvalue weighted by molar-refractivity contribution is -0.120. The summed E-state index contributed by atoms with van der Waals surface area (Å²) in [5.74, 6) is 1.58. The maximum atomic E-state index is 11.7. The minimum atomic E-state index is -0.161. The Morgan fingerprint density at radius 2 is 2.05 bits per heavy atom. The van der Waals surface area contributed by atoms with Crippen molar-refractivity contribution in [3.63, 3.8) is 0 Å². The molecule has 0 atom stereocenters. The van der Waals surface area contributed by atoms with E-state index in [1.54, 1.807) is 10.9 Å². The zero-order chi connectivity index (χ0) is 15.2. The van der Waals surface area contributed by atoms with Gasteiger partial charge in [-0.05, 0) is 0 Å². The van der Waals surface area contributed by atoms with Gasteiger partial charge in [-0.25, -0.2) is 9.97 Å². The second-order valence-electron chi connectivity index (χ2n) is 6.40. The number of amides is 1. The lowest BCUT2D eigenvalue weighted by Gasteiger charge is -2.29. The first-order valence-electron chi connectivity index (χ1n) is 7.08. The van der Waals surface area contributed by atoms with Crippen molar-refractivity contribution in [1.29, 1.82) is 0 Å². The molecule has 0 aliphatic carbocycles. The lowest BCUT2D eigenvalue weighted by Crippen LogP contribution is -2.48. The highest BCUT2D eigenvalue weighted by molar-refractivity contribution is 5.90. The van der Waals surface area contributed by atoms with Gasteiger partial charge in [-0.15, -0.1) is 0 Å². The van der Waals surface area contributed by atoms with Crippen molar-refractivity contribution in [2.45, 2.75) is 26.2 Å². The van der Waals surface area contributed by atoms with Crippen LogP contribution in [-0.4, -0.2) is 45.3 Å². The van der Waals surface area contributed by atoms with Crippen LogP contribution in [0, 0.1) is 0 Å². The van der Waals surface area contributed by atoms with E-state index in [-0.39, 0.29) is 11.3 Å². The summed E-state index contributed by atoms with van der Waals surface area (Å²) >= 11 is 0. The highest BCUT2D eigenvalue weighted by Gasteiger charge is 2.25. The van der Waals surface area contributed by atoms with Crippen molar-refractivity contribution in [2.24, 2.45) is 7.05 Å². The van der Waals surface area contributed by atoms with Crippen LogP contribution in [-0.2, 0) is 17.3 Å². The number of piperazine rings is 1. The average molecular weight is 288 g/mol. The first-order valence-corrected chi connectivity index (χ1v) is 7.08. The largest absolute Gasteiger partial charge is 0.353 e. The number of rotatable bonds is 1. The molecule has 0 spiro atoms. The third-order valence-electron chi connectivity index (χ3n) is 3.58. The summed E-state index contributed by atoms with van der Waals surface area (Å²) < 4.78 is 1.75. The molecule has 1 saturated heterocycles. The molecular formula is C14H20N6O. The van der Waals surface area contributed by atoms with Gasteiger partial charge in [0.1, 0.15) is 11.6 Å². The number of nitrogens with zero attached hydrogens (tertiary/aromatic N) is 5. The van der Waals surface area contributed by atoms with E-state index in [1.165, 1.54) is 0 Å². The number of hydrogen-bond donors (Lipinski definition) is 1. The Kier molecular flexibility index (Phi) is 3.07. The minimum Gasteiger partial charge on any atom is -0.353 e. The van der Waals surface area contributed by atoms with Gasteiger partial charge in [-0.1, -0.05) is 20.8 Å². The van der Waals surface area contributed by atoms with Gasteiger partial charge in [0.25, 0.3) is 0 Å². The fourth-order valence-corrected chi connectivity index (χ4v) is 2.40. The molecule has 7 nitrogen and oxygen atoms in total. The van der Waals surface area contributed by atoms with E-state index < -0.39 is 0 Å². The first kappa shape index (κ1) is 13.8. The van der Waals surface area contributed by atoms with E-state index in [2.05, 4.69) is 36.2 Å². The number of carbonyl (C=O) groups excluding carboxylic acids is 1. The molecule has 3 heterocycles. The predicted molar refractivity (Wildman–Crippen MR) is 80.2 cm³/mol. The molecule has 21 heavy (non-hydrogen) atoms. The molecule has 0 radical (unpaired) electrons. The van der Waals surface area contributed by atoms with Gasteiger partial charge in [0.15, 0.2) is 5.65 Å². The highest BCUT2D eigenvalue weighted by Crippen LogP contribution is 2.28. The van der Waals surface area contributed by atoms with Crippen molar-refractivity contribution in [2.75, 3.05) is 24.5 Å². The molecule has 0 aromatic carbocycles. The number of aryl methyl sites for hydroxylation is 1. The zero-order valence-electron chi connectivity index (χ0n) is 12.8. The Morgan fingerprint density at radius 1 is 1.29 bits per heavy atom. The van der Waals surface area contributed by atoms with E-state index in [0.717, 1.165) is 29.2 Å². The molecule has 1 N–H and O–H groups in total. The van der Waals surface area contributed by atoms with Crippen LogP contribution in [0.2, 0.25) is 0 Å². The van der Waals surface area contributed by atoms with Gasteiger partial charge in [-0.3, -0.25) is 9.48 Å². The molecule has 1 fully saturated rings. The summed E-state index contributed by atoms with van der Waals surface area (Å²) in [6, 6.07) is 0. The molecule has 2 aromatic rings. The summed E-state index contributed by atoms with van der Waals surface area (Å²) in [5.41, 5.74) is 0.640. The van der Waals surface area contributed by atoms with Crippen molar-refractivity contribution in [3.8, 4) is 0 Å². The van der Waals surface area contributed by atoms with Gasteiger partial charge in [-0.2, -0.15) is 5.10 Å². The number of carbonyl (C=O) groups is 1. The minimum absolute atomic E-state index is 0.0224. The molecule has 0 saturated carbocycles. The lowest BCUT2D eigenvalue weighted by atomic mass is 9.95. The van der Waals surface area contributed by atoms with E-state index in [1.807, 2.05) is 11.9 Å². The van der Waals surface area contributed by atoms with E-state index in [4.69, 9.17) is 4.98 Å². The van der Waals surface area contributed by atoms with Crippen LogP contribution in [0.5, 0.6) is 0 Å². The van der Waals surface area contributed by atoms with Crippen LogP contribution in [0.1, 0.15) is 26.6 Å². The smallest absolute Gasteiger partial charge is 0.239 e. The monoisotopic (exact) mass is 288 g/mol. The van der Waals surface area contributed by atoms with Crippen LogP contribution in [0.15, 0.2) is 6.20 Å². The molecule has 0 bridgehead atoms. The summed E-state index contributed by atoms with van der Waals surface area (Å²) in [5, 5.41) is 8.00. The topological polar surface area (TPSA) is 75.9 Å². The third-order valence-corrected chi connectivity index (χ3v) is 3.58. The van der Waals surface area contributed by atoms with E-state index in [0.29, 0.717) is 13.1 Å². The van der Waals surface area contributed by atoms with Gasteiger partial charge in [0.2, 0.25) is 5.91 Å².